The number of carbonyl (C=O) groups is 1. The molecular weight excluding hydrogens is 198 g/mol. The van der Waals surface area contributed by atoms with Crippen molar-refractivity contribution in [3.63, 3.8) is 0 Å². The highest BCUT2D eigenvalue weighted by Gasteiger charge is 2.42. The fourth-order valence-corrected chi connectivity index (χ4v) is 2.44. The predicted molar refractivity (Wildman–Crippen MR) is 59.8 cm³/mol. The molecule has 1 aliphatic rings. The zero-order valence-corrected chi connectivity index (χ0v) is 9.77. The molecule has 1 rings (SSSR count). The van der Waals surface area contributed by atoms with Crippen LogP contribution >= 0.6 is 11.8 Å². The van der Waals surface area contributed by atoms with Crippen molar-refractivity contribution >= 4 is 17.7 Å². The van der Waals surface area contributed by atoms with Gasteiger partial charge in [-0.25, -0.2) is 0 Å². The standard InChI is InChI=1S/C10H19NO2S/c1-10(9(12)13)5-3-6-11(10)7-4-8-14-2/h3-8H2,1-2H3,(H,12,13). The lowest BCUT2D eigenvalue weighted by Gasteiger charge is -2.30. The topological polar surface area (TPSA) is 40.5 Å². The second kappa shape index (κ2) is 5.03. The Morgan fingerprint density at radius 1 is 1.64 bits per heavy atom. The predicted octanol–water partition coefficient (Wildman–Crippen LogP) is 1.68. The lowest BCUT2D eigenvalue weighted by molar-refractivity contribution is -0.148. The van der Waals surface area contributed by atoms with Crippen LogP contribution < -0.4 is 0 Å². The zero-order chi connectivity index (χ0) is 10.6. The van der Waals surface area contributed by atoms with Gasteiger partial charge in [-0.2, -0.15) is 11.8 Å². The molecule has 4 heteroatoms. The number of thioether (sulfide) groups is 1. The lowest BCUT2D eigenvalue weighted by atomic mass is 9.99. The molecule has 1 fully saturated rings. The summed E-state index contributed by atoms with van der Waals surface area (Å²) in [5, 5.41) is 9.15. The van der Waals surface area contributed by atoms with E-state index in [1.165, 1.54) is 0 Å². The Morgan fingerprint density at radius 2 is 2.36 bits per heavy atom. The minimum Gasteiger partial charge on any atom is -0.480 e. The first-order chi connectivity index (χ1) is 6.61. The molecule has 1 unspecified atom stereocenters. The van der Waals surface area contributed by atoms with Crippen LogP contribution in [0, 0.1) is 0 Å². The average molecular weight is 217 g/mol. The van der Waals surface area contributed by atoms with Crippen LogP contribution in [0.2, 0.25) is 0 Å². The number of nitrogens with zero attached hydrogens (tertiary/aromatic N) is 1. The number of carboxylic acid groups (broad SMARTS) is 1. The average Bonchev–Trinajstić information content (AvgIpc) is 2.50. The third-order valence-corrected chi connectivity index (χ3v) is 3.72. The molecule has 0 saturated carbocycles. The summed E-state index contributed by atoms with van der Waals surface area (Å²) in [6, 6.07) is 0. The van der Waals surface area contributed by atoms with E-state index in [-0.39, 0.29) is 0 Å². The van der Waals surface area contributed by atoms with E-state index in [1.54, 1.807) is 0 Å². The number of aliphatic carboxylic acids is 1. The van der Waals surface area contributed by atoms with E-state index in [4.69, 9.17) is 5.11 Å². The minimum atomic E-state index is -0.667. The van der Waals surface area contributed by atoms with Gasteiger partial charge in [0.25, 0.3) is 0 Å². The monoisotopic (exact) mass is 217 g/mol. The van der Waals surface area contributed by atoms with Crippen LogP contribution in [0.25, 0.3) is 0 Å². The Labute approximate surface area is 89.9 Å². The van der Waals surface area contributed by atoms with E-state index in [0.29, 0.717) is 0 Å². The first kappa shape index (κ1) is 11.9. The van der Waals surface area contributed by atoms with Gasteiger partial charge in [0.2, 0.25) is 0 Å². The van der Waals surface area contributed by atoms with Crippen molar-refractivity contribution in [1.29, 1.82) is 0 Å². The molecule has 0 aromatic heterocycles. The molecule has 0 amide bonds. The van der Waals surface area contributed by atoms with Gasteiger partial charge in [0, 0.05) is 6.54 Å². The van der Waals surface area contributed by atoms with E-state index in [9.17, 15) is 4.79 Å². The van der Waals surface area contributed by atoms with Crippen LogP contribution in [0.3, 0.4) is 0 Å². The minimum absolute atomic E-state index is 0.599. The highest BCUT2D eigenvalue weighted by Crippen LogP contribution is 2.29. The number of hydrogen-bond acceptors (Lipinski definition) is 3. The van der Waals surface area contributed by atoms with Crippen molar-refractivity contribution in [2.45, 2.75) is 31.7 Å². The maximum Gasteiger partial charge on any atom is 0.323 e. The Morgan fingerprint density at radius 3 is 2.93 bits per heavy atom. The van der Waals surface area contributed by atoms with Crippen molar-refractivity contribution in [2.24, 2.45) is 0 Å². The first-order valence-corrected chi connectivity index (χ1v) is 6.48. The Kier molecular flexibility index (Phi) is 4.26. The zero-order valence-electron chi connectivity index (χ0n) is 8.95. The third-order valence-electron chi connectivity index (χ3n) is 3.03. The number of rotatable bonds is 5. The second-order valence-electron chi connectivity index (χ2n) is 4.02. The van der Waals surface area contributed by atoms with Crippen molar-refractivity contribution in [3.8, 4) is 0 Å². The van der Waals surface area contributed by atoms with Gasteiger partial charge >= 0.3 is 5.97 Å². The third kappa shape index (κ3) is 2.42. The smallest absolute Gasteiger partial charge is 0.323 e. The van der Waals surface area contributed by atoms with Gasteiger partial charge in [-0.3, -0.25) is 9.69 Å². The van der Waals surface area contributed by atoms with Gasteiger partial charge in [0.1, 0.15) is 5.54 Å². The van der Waals surface area contributed by atoms with Gasteiger partial charge in [-0.05, 0) is 44.7 Å². The molecule has 1 heterocycles. The highest BCUT2D eigenvalue weighted by atomic mass is 32.2. The van der Waals surface area contributed by atoms with E-state index in [1.807, 2.05) is 18.7 Å². The van der Waals surface area contributed by atoms with Crippen LogP contribution in [0.4, 0.5) is 0 Å². The number of hydrogen-bond donors (Lipinski definition) is 1. The van der Waals surface area contributed by atoms with Gasteiger partial charge < -0.3 is 5.11 Å². The molecule has 0 aromatic carbocycles. The molecule has 0 radical (unpaired) electrons. The van der Waals surface area contributed by atoms with Gasteiger partial charge in [0.05, 0.1) is 0 Å². The van der Waals surface area contributed by atoms with Crippen LogP contribution in [0.15, 0.2) is 0 Å². The number of likely N-dealkylation sites (tertiary alicyclic amines) is 1. The van der Waals surface area contributed by atoms with Crippen molar-refractivity contribution in [3.05, 3.63) is 0 Å². The van der Waals surface area contributed by atoms with Gasteiger partial charge in [0.15, 0.2) is 0 Å². The largest absolute Gasteiger partial charge is 0.480 e. The van der Waals surface area contributed by atoms with Crippen LogP contribution in [-0.2, 0) is 4.79 Å². The summed E-state index contributed by atoms with van der Waals surface area (Å²) in [5.41, 5.74) is -0.599. The normalized spacial score (nSPS) is 28.1. The fourth-order valence-electron chi connectivity index (χ4n) is 2.02. The van der Waals surface area contributed by atoms with E-state index in [0.717, 1.165) is 38.1 Å². The molecule has 82 valence electrons. The molecule has 1 aliphatic heterocycles. The summed E-state index contributed by atoms with van der Waals surface area (Å²) in [5.74, 6) is 0.450. The second-order valence-corrected chi connectivity index (χ2v) is 5.00. The Bertz CT molecular complexity index is 210. The van der Waals surface area contributed by atoms with E-state index >= 15 is 0 Å². The maximum atomic E-state index is 11.1. The molecule has 3 nitrogen and oxygen atoms in total. The lowest BCUT2D eigenvalue weighted by Crippen LogP contribution is -2.48. The molecule has 14 heavy (non-hydrogen) atoms. The molecule has 1 N–H and O–H groups in total. The quantitative estimate of drug-likeness (QED) is 0.711. The Balaban J connectivity index is 2.46. The molecular formula is C10H19NO2S. The van der Waals surface area contributed by atoms with E-state index in [2.05, 4.69) is 11.2 Å². The van der Waals surface area contributed by atoms with Gasteiger partial charge in [-0.15, -0.1) is 0 Å². The van der Waals surface area contributed by atoms with Crippen molar-refractivity contribution in [2.75, 3.05) is 25.1 Å². The van der Waals surface area contributed by atoms with E-state index < -0.39 is 11.5 Å². The van der Waals surface area contributed by atoms with Crippen LogP contribution in [0.5, 0.6) is 0 Å². The Hall–Kier alpha value is -0.220. The maximum absolute atomic E-state index is 11.1. The molecule has 0 aromatic rings. The molecule has 1 saturated heterocycles. The summed E-state index contributed by atoms with van der Waals surface area (Å²) < 4.78 is 0. The summed E-state index contributed by atoms with van der Waals surface area (Å²) >= 11 is 1.82. The first-order valence-electron chi connectivity index (χ1n) is 5.08. The molecule has 0 bridgehead atoms. The number of carboxylic acids is 1. The highest BCUT2D eigenvalue weighted by molar-refractivity contribution is 7.98. The molecule has 0 aliphatic carbocycles. The van der Waals surface area contributed by atoms with Crippen molar-refractivity contribution < 1.29 is 9.90 Å². The SMILES string of the molecule is CSCCCN1CCCC1(C)C(=O)O. The fraction of sp³-hybridized carbons (Fsp3) is 0.900. The molecule has 0 spiro atoms. The van der Waals surface area contributed by atoms with Crippen molar-refractivity contribution in [1.82, 2.24) is 4.90 Å². The van der Waals surface area contributed by atoms with Crippen LogP contribution in [0.1, 0.15) is 26.2 Å². The summed E-state index contributed by atoms with van der Waals surface area (Å²) in [6.45, 7) is 3.71. The summed E-state index contributed by atoms with van der Waals surface area (Å²) in [4.78, 5) is 13.2. The molecule has 1 atom stereocenters. The van der Waals surface area contributed by atoms with Crippen LogP contribution in [-0.4, -0.2) is 46.6 Å². The summed E-state index contributed by atoms with van der Waals surface area (Å²) in [6.07, 6.45) is 4.98. The van der Waals surface area contributed by atoms with Gasteiger partial charge in [-0.1, -0.05) is 0 Å². The summed E-state index contributed by atoms with van der Waals surface area (Å²) in [7, 11) is 0.